The Bertz CT molecular complexity index is 709. The van der Waals surface area contributed by atoms with Crippen molar-refractivity contribution in [2.75, 3.05) is 26.2 Å². The van der Waals surface area contributed by atoms with Crippen LogP contribution in [0.15, 0.2) is 21.6 Å². The summed E-state index contributed by atoms with van der Waals surface area (Å²) in [7, 11) is -3.64. The lowest BCUT2D eigenvalue weighted by molar-refractivity contribution is -0.00301. The number of rotatable bonds is 7. The molecule has 146 valence electrons. The molecule has 2 aliphatic rings. The van der Waals surface area contributed by atoms with E-state index in [1.807, 2.05) is 0 Å². The first-order valence-electron chi connectivity index (χ1n) is 9.48. The number of carbonyl (C=O) groups is 1. The maximum absolute atomic E-state index is 12.4. The summed E-state index contributed by atoms with van der Waals surface area (Å²) in [5.41, 5.74) is 0. The molecular weight excluding hydrogens is 356 g/mol. The van der Waals surface area contributed by atoms with Crippen LogP contribution >= 0.6 is 0 Å². The molecule has 26 heavy (non-hydrogen) atoms. The fourth-order valence-corrected chi connectivity index (χ4v) is 5.06. The Labute approximate surface area is 155 Å². The Morgan fingerprint density at radius 2 is 1.96 bits per heavy atom. The van der Waals surface area contributed by atoms with Crippen molar-refractivity contribution in [2.45, 2.75) is 56.6 Å². The van der Waals surface area contributed by atoms with E-state index >= 15 is 0 Å². The zero-order valence-corrected chi connectivity index (χ0v) is 16.1. The van der Waals surface area contributed by atoms with Gasteiger partial charge in [-0.15, -0.1) is 0 Å². The van der Waals surface area contributed by atoms with Gasteiger partial charge in [-0.3, -0.25) is 4.79 Å². The molecule has 1 saturated carbocycles. The SMILES string of the molecule is C[C@@H]1CCCC[C@H]1OCCNC(=O)c1ccc(S(=O)(=O)N2CCCC2)o1. The Morgan fingerprint density at radius 3 is 2.69 bits per heavy atom. The number of sulfonamides is 1. The normalized spacial score (nSPS) is 24.7. The summed E-state index contributed by atoms with van der Waals surface area (Å²) < 4.78 is 37.4. The highest BCUT2D eigenvalue weighted by Gasteiger charge is 2.30. The topological polar surface area (TPSA) is 88.8 Å². The Hall–Kier alpha value is -1.38. The lowest BCUT2D eigenvalue weighted by atomic mass is 9.88. The first kappa shape index (κ1) is 19.4. The summed E-state index contributed by atoms with van der Waals surface area (Å²) in [6.45, 7) is 4.02. The van der Waals surface area contributed by atoms with Crippen LogP contribution in [-0.4, -0.2) is 51.0 Å². The van der Waals surface area contributed by atoms with E-state index in [9.17, 15) is 13.2 Å². The number of nitrogens with one attached hydrogen (secondary N) is 1. The molecule has 7 nitrogen and oxygen atoms in total. The van der Waals surface area contributed by atoms with Crippen LogP contribution in [0.1, 0.15) is 56.0 Å². The Morgan fingerprint density at radius 1 is 1.23 bits per heavy atom. The van der Waals surface area contributed by atoms with Crippen LogP contribution in [0.5, 0.6) is 0 Å². The molecule has 2 fully saturated rings. The van der Waals surface area contributed by atoms with Crippen molar-refractivity contribution in [3.8, 4) is 0 Å². The van der Waals surface area contributed by atoms with Crippen molar-refractivity contribution >= 4 is 15.9 Å². The largest absolute Gasteiger partial charge is 0.438 e. The number of nitrogens with zero attached hydrogens (tertiary/aromatic N) is 1. The van der Waals surface area contributed by atoms with Gasteiger partial charge in [0.15, 0.2) is 5.76 Å². The smallest absolute Gasteiger partial charge is 0.287 e. The molecule has 2 atom stereocenters. The third-order valence-corrected chi connectivity index (χ3v) is 6.99. The monoisotopic (exact) mass is 384 g/mol. The standard InChI is InChI=1S/C18H28N2O5S/c1-14-6-2-3-7-15(14)24-13-10-19-18(21)16-8-9-17(25-16)26(22,23)20-11-4-5-12-20/h8-9,14-15H,2-7,10-13H2,1H3,(H,19,21)/t14-,15-/m1/s1. The second kappa shape index (κ2) is 8.54. The summed E-state index contributed by atoms with van der Waals surface area (Å²) in [4.78, 5) is 12.2. The molecule has 1 aromatic rings. The highest BCUT2D eigenvalue weighted by atomic mass is 32.2. The second-order valence-electron chi connectivity index (χ2n) is 7.16. The van der Waals surface area contributed by atoms with E-state index in [4.69, 9.17) is 9.15 Å². The molecule has 2 heterocycles. The molecule has 1 amide bonds. The second-order valence-corrected chi connectivity index (χ2v) is 9.03. The minimum atomic E-state index is -3.64. The predicted octanol–water partition coefficient (Wildman–Crippen LogP) is 2.39. The van der Waals surface area contributed by atoms with Crippen molar-refractivity contribution in [2.24, 2.45) is 5.92 Å². The summed E-state index contributed by atoms with van der Waals surface area (Å²) in [6.07, 6.45) is 6.70. The molecular formula is C18H28N2O5S. The molecule has 0 aromatic carbocycles. The van der Waals surface area contributed by atoms with Crippen LogP contribution in [0, 0.1) is 5.92 Å². The quantitative estimate of drug-likeness (QED) is 0.729. The van der Waals surface area contributed by atoms with Gasteiger partial charge in [-0.25, -0.2) is 8.42 Å². The minimum absolute atomic E-state index is 0.00815. The predicted molar refractivity (Wildman–Crippen MR) is 96.4 cm³/mol. The molecule has 1 saturated heterocycles. The number of ether oxygens (including phenoxy) is 1. The van der Waals surface area contributed by atoms with Crippen LogP contribution in [0.3, 0.4) is 0 Å². The summed E-state index contributed by atoms with van der Waals surface area (Å²) >= 11 is 0. The third kappa shape index (κ3) is 4.47. The summed E-state index contributed by atoms with van der Waals surface area (Å²) in [5.74, 6) is 0.143. The van der Waals surface area contributed by atoms with E-state index in [1.54, 1.807) is 0 Å². The van der Waals surface area contributed by atoms with Crippen molar-refractivity contribution < 1.29 is 22.4 Å². The van der Waals surface area contributed by atoms with E-state index in [2.05, 4.69) is 12.2 Å². The molecule has 1 aliphatic carbocycles. The molecule has 0 spiro atoms. The van der Waals surface area contributed by atoms with Gasteiger partial charge in [0.1, 0.15) is 0 Å². The Balaban J connectivity index is 1.47. The fourth-order valence-electron chi connectivity index (χ4n) is 3.63. The number of carbonyl (C=O) groups excluding carboxylic acids is 1. The van der Waals surface area contributed by atoms with Gasteiger partial charge in [0.2, 0.25) is 5.09 Å². The van der Waals surface area contributed by atoms with Gasteiger partial charge < -0.3 is 14.5 Å². The Kier molecular flexibility index (Phi) is 6.37. The highest BCUT2D eigenvalue weighted by Crippen LogP contribution is 2.26. The summed E-state index contributed by atoms with van der Waals surface area (Å²) in [5, 5.41) is 2.55. The van der Waals surface area contributed by atoms with Gasteiger partial charge in [-0.2, -0.15) is 4.31 Å². The molecule has 0 unspecified atom stereocenters. The van der Waals surface area contributed by atoms with Crippen LogP contribution < -0.4 is 5.32 Å². The lowest BCUT2D eigenvalue weighted by Crippen LogP contribution is -2.31. The van der Waals surface area contributed by atoms with E-state index < -0.39 is 15.9 Å². The minimum Gasteiger partial charge on any atom is -0.438 e. The van der Waals surface area contributed by atoms with Crippen molar-refractivity contribution in [3.05, 3.63) is 17.9 Å². The van der Waals surface area contributed by atoms with Gasteiger partial charge in [-0.1, -0.05) is 19.8 Å². The van der Waals surface area contributed by atoms with Gasteiger partial charge in [0, 0.05) is 19.6 Å². The van der Waals surface area contributed by atoms with Gasteiger partial charge in [0.25, 0.3) is 15.9 Å². The average molecular weight is 384 g/mol. The first-order valence-corrected chi connectivity index (χ1v) is 10.9. The third-order valence-electron chi connectivity index (χ3n) is 5.22. The van der Waals surface area contributed by atoms with E-state index in [-0.39, 0.29) is 17.0 Å². The van der Waals surface area contributed by atoms with Crippen molar-refractivity contribution in [3.63, 3.8) is 0 Å². The number of furan rings is 1. The van der Waals surface area contributed by atoms with Crippen molar-refractivity contribution in [1.29, 1.82) is 0 Å². The van der Waals surface area contributed by atoms with Crippen LogP contribution in [0.25, 0.3) is 0 Å². The summed E-state index contributed by atoms with van der Waals surface area (Å²) in [6, 6.07) is 2.76. The van der Waals surface area contributed by atoms with E-state index in [0.717, 1.165) is 19.3 Å². The first-order chi connectivity index (χ1) is 12.5. The van der Waals surface area contributed by atoms with Gasteiger partial charge >= 0.3 is 0 Å². The van der Waals surface area contributed by atoms with Crippen molar-refractivity contribution in [1.82, 2.24) is 9.62 Å². The van der Waals surface area contributed by atoms with Crippen LogP contribution in [-0.2, 0) is 14.8 Å². The molecule has 1 N–H and O–H groups in total. The lowest BCUT2D eigenvalue weighted by Gasteiger charge is -2.28. The average Bonchev–Trinajstić information content (AvgIpc) is 3.31. The number of amides is 1. The molecule has 3 rings (SSSR count). The highest BCUT2D eigenvalue weighted by molar-refractivity contribution is 7.89. The molecule has 8 heteroatoms. The maximum Gasteiger partial charge on any atom is 0.287 e. The molecule has 1 aliphatic heterocycles. The molecule has 1 aromatic heterocycles. The number of hydrogen-bond acceptors (Lipinski definition) is 5. The fraction of sp³-hybridized carbons (Fsp3) is 0.722. The molecule has 0 bridgehead atoms. The molecule has 0 radical (unpaired) electrons. The van der Waals surface area contributed by atoms with E-state index in [1.165, 1.54) is 35.7 Å². The van der Waals surface area contributed by atoms with E-state index in [0.29, 0.717) is 32.2 Å². The van der Waals surface area contributed by atoms with Gasteiger partial charge in [-0.05, 0) is 43.7 Å². The van der Waals surface area contributed by atoms with Crippen LogP contribution in [0.2, 0.25) is 0 Å². The number of hydrogen-bond donors (Lipinski definition) is 1. The zero-order valence-electron chi connectivity index (χ0n) is 15.3. The van der Waals surface area contributed by atoms with Crippen LogP contribution in [0.4, 0.5) is 0 Å². The zero-order chi connectivity index (χ0) is 18.6. The van der Waals surface area contributed by atoms with Gasteiger partial charge in [0.05, 0.1) is 12.7 Å². The maximum atomic E-state index is 12.4.